The molecule has 1 unspecified atom stereocenters. The van der Waals surface area contributed by atoms with Crippen LogP contribution in [0.5, 0.6) is 0 Å². The Hall–Kier alpha value is -2.83. The van der Waals surface area contributed by atoms with Crippen LogP contribution in [0.25, 0.3) is 0 Å². The lowest BCUT2D eigenvalue weighted by Crippen LogP contribution is -2.43. The second-order valence-electron chi connectivity index (χ2n) is 7.25. The van der Waals surface area contributed by atoms with Crippen molar-refractivity contribution in [3.05, 3.63) is 47.5 Å². The molecular weight excluding hydrogens is 350 g/mol. The SMILES string of the molecule is COC(=O)C1CC(=CC(=O)OCc2ccccc2)CN1C(=O)OC(C)(C)C. The largest absolute Gasteiger partial charge is 0.467 e. The van der Waals surface area contributed by atoms with Gasteiger partial charge in [0.15, 0.2) is 0 Å². The van der Waals surface area contributed by atoms with E-state index in [1.165, 1.54) is 18.1 Å². The molecule has 1 aliphatic heterocycles. The van der Waals surface area contributed by atoms with Crippen molar-refractivity contribution in [2.75, 3.05) is 13.7 Å². The molecule has 1 heterocycles. The van der Waals surface area contributed by atoms with Crippen LogP contribution in [0, 0.1) is 0 Å². The Morgan fingerprint density at radius 1 is 1.19 bits per heavy atom. The third-order valence-corrected chi connectivity index (χ3v) is 3.85. The first-order valence-electron chi connectivity index (χ1n) is 8.67. The highest BCUT2D eigenvalue weighted by Gasteiger charge is 2.39. The van der Waals surface area contributed by atoms with Gasteiger partial charge < -0.3 is 14.2 Å². The molecule has 1 aromatic rings. The van der Waals surface area contributed by atoms with Crippen molar-refractivity contribution in [1.29, 1.82) is 0 Å². The summed E-state index contributed by atoms with van der Waals surface area (Å²) in [7, 11) is 1.26. The first kappa shape index (κ1) is 20.5. The topological polar surface area (TPSA) is 82.1 Å². The first-order valence-corrected chi connectivity index (χ1v) is 8.67. The lowest BCUT2D eigenvalue weighted by molar-refractivity contribution is -0.145. The molecule has 1 aromatic carbocycles. The number of carbonyl (C=O) groups is 3. The Morgan fingerprint density at radius 3 is 2.44 bits per heavy atom. The summed E-state index contributed by atoms with van der Waals surface area (Å²) in [5.74, 6) is -1.08. The summed E-state index contributed by atoms with van der Waals surface area (Å²) >= 11 is 0. The maximum absolute atomic E-state index is 12.4. The van der Waals surface area contributed by atoms with Gasteiger partial charge in [-0.05, 0) is 31.9 Å². The fourth-order valence-electron chi connectivity index (χ4n) is 2.65. The Morgan fingerprint density at radius 2 is 1.85 bits per heavy atom. The number of rotatable bonds is 4. The number of methoxy groups -OCH3 is 1. The minimum Gasteiger partial charge on any atom is -0.467 e. The van der Waals surface area contributed by atoms with Gasteiger partial charge in [0.2, 0.25) is 0 Å². The summed E-state index contributed by atoms with van der Waals surface area (Å²) in [5, 5.41) is 0. The predicted molar refractivity (Wildman–Crippen MR) is 97.7 cm³/mol. The number of carbonyl (C=O) groups excluding carboxylic acids is 3. The lowest BCUT2D eigenvalue weighted by Gasteiger charge is -2.27. The minimum atomic E-state index is -0.821. The molecule has 0 N–H and O–H groups in total. The summed E-state index contributed by atoms with van der Waals surface area (Å²) in [6.45, 7) is 5.48. The molecule has 1 fully saturated rings. The standard InChI is InChI=1S/C20H25NO6/c1-20(2,3)27-19(24)21-12-15(10-16(21)18(23)25-4)11-17(22)26-13-14-8-6-5-7-9-14/h5-9,11,16H,10,12-13H2,1-4H3. The summed E-state index contributed by atoms with van der Waals surface area (Å²) in [4.78, 5) is 37.8. The van der Waals surface area contributed by atoms with Crippen LogP contribution in [0.3, 0.4) is 0 Å². The molecule has 1 saturated heterocycles. The molecule has 1 atom stereocenters. The second-order valence-corrected chi connectivity index (χ2v) is 7.25. The zero-order valence-corrected chi connectivity index (χ0v) is 16.1. The van der Waals surface area contributed by atoms with Gasteiger partial charge in [-0.1, -0.05) is 30.3 Å². The molecular formula is C20H25NO6. The Kier molecular flexibility index (Phi) is 6.60. The van der Waals surface area contributed by atoms with E-state index in [9.17, 15) is 14.4 Å². The van der Waals surface area contributed by atoms with Gasteiger partial charge in [-0.15, -0.1) is 0 Å². The number of hydrogen-bond donors (Lipinski definition) is 0. The van der Waals surface area contributed by atoms with E-state index in [-0.39, 0.29) is 19.6 Å². The quantitative estimate of drug-likeness (QED) is 0.457. The second kappa shape index (κ2) is 8.70. The third kappa shape index (κ3) is 6.13. The van der Waals surface area contributed by atoms with Gasteiger partial charge in [0.1, 0.15) is 18.2 Å². The molecule has 7 nitrogen and oxygen atoms in total. The summed E-state index contributed by atoms with van der Waals surface area (Å²) in [5.41, 5.74) is 0.784. The zero-order valence-electron chi connectivity index (χ0n) is 16.1. The molecule has 7 heteroatoms. The highest BCUT2D eigenvalue weighted by Crippen LogP contribution is 2.26. The number of benzene rings is 1. The van der Waals surface area contributed by atoms with Gasteiger partial charge in [-0.25, -0.2) is 14.4 Å². The number of amides is 1. The molecule has 1 aliphatic rings. The Labute approximate surface area is 158 Å². The summed E-state index contributed by atoms with van der Waals surface area (Å²) in [6, 6.07) is 8.49. The van der Waals surface area contributed by atoms with Crippen molar-refractivity contribution in [3.63, 3.8) is 0 Å². The van der Waals surface area contributed by atoms with Crippen LogP contribution in [0.2, 0.25) is 0 Å². The first-order chi connectivity index (χ1) is 12.7. The van der Waals surface area contributed by atoms with Gasteiger partial charge in [-0.3, -0.25) is 4.90 Å². The fourth-order valence-corrected chi connectivity index (χ4v) is 2.65. The molecule has 0 aliphatic carbocycles. The lowest BCUT2D eigenvalue weighted by atomic mass is 10.1. The minimum absolute atomic E-state index is 0.106. The van der Waals surface area contributed by atoms with Crippen molar-refractivity contribution in [2.24, 2.45) is 0 Å². The van der Waals surface area contributed by atoms with Crippen LogP contribution in [0.1, 0.15) is 32.8 Å². The van der Waals surface area contributed by atoms with Crippen LogP contribution in [-0.2, 0) is 30.4 Å². The Balaban J connectivity index is 2.04. The van der Waals surface area contributed by atoms with Gasteiger partial charge >= 0.3 is 18.0 Å². The van der Waals surface area contributed by atoms with Crippen molar-refractivity contribution in [3.8, 4) is 0 Å². The molecule has 2 rings (SSSR count). The van der Waals surface area contributed by atoms with Crippen molar-refractivity contribution < 1.29 is 28.6 Å². The number of hydrogen-bond acceptors (Lipinski definition) is 6. The zero-order chi connectivity index (χ0) is 20.0. The van der Waals surface area contributed by atoms with E-state index in [0.717, 1.165) is 5.56 Å². The summed E-state index contributed by atoms with van der Waals surface area (Å²) < 4.78 is 15.3. The number of ether oxygens (including phenoxy) is 3. The molecule has 0 aromatic heterocycles. The van der Waals surface area contributed by atoms with E-state index in [0.29, 0.717) is 5.57 Å². The summed E-state index contributed by atoms with van der Waals surface area (Å²) in [6.07, 6.45) is 0.897. The van der Waals surface area contributed by atoms with Crippen LogP contribution in [-0.4, -0.2) is 48.2 Å². The van der Waals surface area contributed by atoms with Gasteiger partial charge in [0.25, 0.3) is 0 Å². The van der Waals surface area contributed by atoms with Crippen LogP contribution in [0.15, 0.2) is 42.0 Å². The number of esters is 2. The van der Waals surface area contributed by atoms with E-state index in [2.05, 4.69) is 0 Å². The molecule has 146 valence electrons. The molecule has 0 spiro atoms. The van der Waals surface area contributed by atoms with Crippen LogP contribution >= 0.6 is 0 Å². The maximum atomic E-state index is 12.4. The van der Waals surface area contributed by atoms with Gasteiger partial charge in [-0.2, -0.15) is 0 Å². The van der Waals surface area contributed by atoms with E-state index >= 15 is 0 Å². The maximum Gasteiger partial charge on any atom is 0.411 e. The molecule has 1 amide bonds. The fraction of sp³-hybridized carbons (Fsp3) is 0.450. The normalized spacial score (nSPS) is 18.3. The van der Waals surface area contributed by atoms with Crippen molar-refractivity contribution in [1.82, 2.24) is 4.90 Å². The highest BCUT2D eigenvalue weighted by atomic mass is 16.6. The number of likely N-dealkylation sites (tertiary alicyclic amines) is 1. The average molecular weight is 375 g/mol. The Bertz CT molecular complexity index is 720. The highest BCUT2D eigenvalue weighted by molar-refractivity contribution is 5.86. The van der Waals surface area contributed by atoms with E-state index in [1.807, 2.05) is 30.3 Å². The van der Waals surface area contributed by atoms with Crippen LogP contribution < -0.4 is 0 Å². The van der Waals surface area contributed by atoms with Crippen molar-refractivity contribution in [2.45, 2.75) is 45.4 Å². The van der Waals surface area contributed by atoms with Gasteiger partial charge in [0, 0.05) is 19.0 Å². The third-order valence-electron chi connectivity index (χ3n) is 3.85. The monoisotopic (exact) mass is 375 g/mol. The van der Waals surface area contributed by atoms with E-state index in [4.69, 9.17) is 14.2 Å². The molecule has 27 heavy (non-hydrogen) atoms. The molecule has 0 bridgehead atoms. The number of nitrogens with zero attached hydrogens (tertiary/aromatic N) is 1. The van der Waals surface area contributed by atoms with Gasteiger partial charge in [0.05, 0.1) is 7.11 Å². The average Bonchev–Trinajstić information content (AvgIpc) is 3.02. The molecule has 0 saturated carbocycles. The van der Waals surface area contributed by atoms with E-state index in [1.54, 1.807) is 20.8 Å². The van der Waals surface area contributed by atoms with E-state index < -0.39 is 29.7 Å². The van der Waals surface area contributed by atoms with Crippen molar-refractivity contribution >= 4 is 18.0 Å². The predicted octanol–water partition coefficient (Wildman–Crippen LogP) is 2.84. The smallest absolute Gasteiger partial charge is 0.411 e. The van der Waals surface area contributed by atoms with Crippen LogP contribution in [0.4, 0.5) is 4.79 Å². The molecule has 0 radical (unpaired) electrons.